The van der Waals surface area contributed by atoms with Crippen LogP contribution in [-0.4, -0.2) is 32.6 Å². The number of fused-ring (bicyclic) bond motifs is 1. The van der Waals surface area contributed by atoms with Gasteiger partial charge in [0.15, 0.2) is 0 Å². The Morgan fingerprint density at radius 2 is 2.00 bits per heavy atom. The lowest BCUT2D eigenvalue weighted by Gasteiger charge is -2.10. The van der Waals surface area contributed by atoms with Gasteiger partial charge >= 0.3 is 5.97 Å². The summed E-state index contributed by atoms with van der Waals surface area (Å²) in [6.45, 7) is 3.52. The molecule has 0 spiro atoms. The number of aliphatic carboxylic acids is 1. The predicted octanol–water partition coefficient (Wildman–Crippen LogP) is 2.41. The summed E-state index contributed by atoms with van der Waals surface area (Å²) in [7, 11) is 0. The van der Waals surface area contributed by atoms with E-state index in [0.717, 1.165) is 16.7 Å². The van der Waals surface area contributed by atoms with Crippen molar-refractivity contribution in [3.63, 3.8) is 0 Å². The Morgan fingerprint density at radius 3 is 2.67 bits per heavy atom. The number of nitrogens with zero attached hydrogens (tertiary/aromatic N) is 2. The molecular formula is C19H19N3O4S. The number of carbonyl (C=O) groups is 2. The predicted molar refractivity (Wildman–Crippen MR) is 104 cm³/mol. The highest BCUT2D eigenvalue weighted by molar-refractivity contribution is 7.17. The molecule has 2 heterocycles. The molecule has 2 aromatic heterocycles. The topological polar surface area (TPSA) is 101 Å². The fourth-order valence-corrected chi connectivity index (χ4v) is 3.58. The van der Waals surface area contributed by atoms with Crippen LogP contribution in [0.25, 0.3) is 21.3 Å². The number of nitrogens with one attached hydrogen (secondary N) is 1. The summed E-state index contributed by atoms with van der Waals surface area (Å²) < 4.78 is 1.39. The monoisotopic (exact) mass is 385 g/mol. The van der Waals surface area contributed by atoms with Crippen molar-refractivity contribution in [1.29, 1.82) is 0 Å². The standard InChI is InChI=1S/C19H19N3O4S/c1-11-3-5-13(6-4-11)14-9-27-17-16(14)18(24)22(10-20-17)8-7-15(23)21-12(2)19(25)26/h3-6,9-10,12H,7-8H2,1-2H3,(H,21,23)(H,25,26)/t12-/m1/s1. The number of benzene rings is 1. The van der Waals surface area contributed by atoms with Gasteiger partial charge in [0.2, 0.25) is 5.91 Å². The summed E-state index contributed by atoms with van der Waals surface area (Å²) in [5.41, 5.74) is 2.69. The molecule has 1 amide bonds. The first-order chi connectivity index (χ1) is 12.9. The maximum Gasteiger partial charge on any atom is 0.325 e. The summed E-state index contributed by atoms with van der Waals surface area (Å²) in [5, 5.41) is 13.6. The molecule has 0 bridgehead atoms. The van der Waals surface area contributed by atoms with E-state index >= 15 is 0 Å². The maximum absolute atomic E-state index is 12.9. The van der Waals surface area contributed by atoms with E-state index in [1.165, 1.54) is 29.2 Å². The number of thiophene rings is 1. The van der Waals surface area contributed by atoms with Crippen LogP contribution in [0.2, 0.25) is 0 Å². The van der Waals surface area contributed by atoms with Gasteiger partial charge < -0.3 is 10.4 Å². The van der Waals surface area contributed by atoms with Gasteiger partial charge in [0.25, 0.3) is 5.56 Å². The van der Waals surface area contributed by atoms with Gasteiger partial charge in [-0.15, -0.1) is 11.3 Å². The third kappa shape index (κ3) is 4.06. The van der Waals surface area contributed by atoms with Crippen LogP contribution in [-0.2, 0) is 16.1 Å². The number of amides is 1. The minimum Gasteiger partial charge on any atom is -0.480 e. The second kappa shape index (κ2) is 7.71. The molecule has 140 valence electrons. The van der Waals surface area contributed by atoms with E-state index in [1.54, 1.807) is 0 Å². The van der Waals surface area contributed by atoms with Crippen molar-refractivity contribution in [3.8, 4) is 11.1 Å². The van der Waals surface area contributed by atoms with E-state index < -0.39 is 17.9 Å². The smallest absolute Gasteiger partial charge is 0.325 e. The lowest BCUT2D eigenvalue weighted by Crippen LogP contribution is -2.39. The Labute approximate surface area is 159 Å². The van der Waals surface area contributed by atoms with E-state index in [0.29, 0.717) is 10.2 Å². The molecule has 7 nitrogen and oxygen atoms in total. The summed E-state index contributed by atoms with van der Waals surface area (Å²) in [6, 6.07) is 6.94. The molecule has 8 heteroatoms. The van der Waals surface area contributed by atoms with Gasteiger partial charge in [-0.1, -0.05) is 29.8 Å². The summed E-state index contributed by atoms with van der Waals surface area (Å²) in [5.74, 6) is -1.54. The first-order valence-electron chi connectivity index (χ1n) is 8.42. The highest BCUT2D eigenvalue weighted by Crippen LogP contribution is 2.30. The van der Waals surface area contributed by atoms with Crippen LogP contribution >= 0.6 is 11.3 Å². The molecule has 1 atom stereocenters. The first-order valence-corrected chi connectivity index (χ1v) is 9.30. The molecule has 0 aliphatic rings. The third-order valence-corrected chi connectivity index (χ3v) is 5.14. The van der Waals surface area contributed by atoms with Crippen LogP contribution in [0.5, 0.6) is 0 Å². The number of carbonyl (C=O) groups excluding carboxylic acids is 1. The zero-order chi connectivity index (χ0) is 19.6. The lowest BCUT2D eigenvalue weighted by atomic mass is 10.1. The number of aromatic nitrogens is 2. The van der Waals surface area contributed by atoms with Crippen LogP contribution in [0, 0.1) is 6.92 Å². The lowest BCUT2D eigenvalue weighted by molar-refractivity contribution is -0.141. The van der Waals surface area contributed by atoms with E-state index in [2.05, 4.69) is 10.3 Å². The summed E-state index contributed by atoms with van der Waals surface area (Å²) >= 11 is 1.40. The molecule has 27 heavy (non-hydrogen) atoms. The molecular weight excluding hydrogens is 366 g/mol. The minimum absolute atomic E-state index is 0.00524. The molecule has 0 aliphatic heterocycles. The van der Waals surface area contributed by atoms with E-state index in [-0.39, 0.29) is 18.5 Å². The molecule has 0 unspecified atom stereocenters. The second-order valence-electron chi connectivity index (χ2n) is 6.32. The van der Waals surface area contributed by atoms with E-state index in [9.17, 15) is 14.4 Å². The maximum atomic E-state index is 12.9. The molecule has 0 aliphatic carbocycles. The molecule has 1 aromatic carbocycles. The van der Waals surface area contributed by atoms with Gasteiger partial charge in [-0.3, -0.25) is 19.0 Å². The highest BCUT2D eigenvalue weighted by atomic mass is 32.1. The van der Waals surface area contributed by atoms with Gasteiger partial charge in [0, 0.05) is 23.9 Å². The van der Waals surface area contributed by atoms with E-state index in [1.807, 2.05) is 36.6 Å². The number of carboxylic acids is 1. The quantitative estimate of drug-likeness (QED) is 0.679. The van der Waals surface area contributed by atoms with Crippen LogP contribution < -0.4 is 10.9 Å². The third-order valence-electron chi connectivity index (χ3n) is 4.25. The van der Waals surface area contributed by atoms with Crippen molar-refractivity contribution in [1.82, 2.24) is 14.9 Å². The molecule has 3 rings (SSSR count). The van der Waals surface area contributed by atoms with Crippen molar-refractivity contribution in [3.05, 3.63) is 51.9 Å². The van der Waals surface area contributed by atoms with Crippen LogP contribution in [0.1, 0.15) is 18.9 Å². The summed E-state index contributed by atoms with van der Waals surface area (Å²) in [6.07, 6.45) is 1.42. The average molecular weight is 385 g/mol. The Balaban J connectivity index is 1.86. The fraction of sp³-hybridized carbons (Fsp3) is 0.263. The molecule has 0 fully saturated rings. The molecule has 0 saturated heterocycles. The minimum atomic E-state index is -1.11. The second-order valence-corrected chi connectivity index (χ2v) is 7.17. The van der Waals surface area contributed by atoms with Gasteiger partial charge in [0.1, 0.15) is 10.9 Å². The Morgan fingerprint density at radius 1 is 1.30 bits per heavy atom. The number of aryl methyl sites for hydroxylation is 2. The largest absolute Gasteiger partial charge is 0.480 e. The van der Waals surface area contributed by atoms with Crippen LogP contribution in [0.4, 0.5) is 0 Å². The highest BCUT2D eigenvalue weighted by Gasteiger charge is 2.16. The van der Waals surface area contributed by atoms with Crippen LogP contribution in [0.15, 0.2) is 40.8 Å². The van der Waals surface area contributed by atoms with Crippen molar-refractivity contribution >= 4 is 33.4 Å². The van der Waals surface area contributed by atoms with Crippen molar-refractivity contribution in [2.75, 3.05) is 0 Å². The zero-order valence-corrected chi connectivity index (χ0v) is 15.7. The normalized spacial score (nSPS) is 12.1. The number of carboxylic acid groups (broad SMARTS) is 1. The number of hydrogen-bond donors (Lipinski definition) is 2. The van der Waals surface area contributed by atoms with Crippen molar-refractivity contribution in [2.24, 2.45) is 0 Å². The van der Waals surface area contributed by atoms with Gasteiger partial charge in [0.05, 0.1) is 11.7 Å². The first kappa shape index (κ1) is 18.8. The van der Waals surface area contributed by atoms with E-state index in [4.69, 9.17) is 5.11 Å². The zero-order valence-electron chi connectivity index (χ0n) is 14.9. The molecule has 0 saturated carbocycles. The Kier molecular flexibility index (Phi) is 5.36. The SMILES string of the molecule is Cc1ccc(-c2csc3ncn(CCC(=O)N[C@H](C)C(=O)O)c(=O)c23)cc1. The Bertz CT molecular complexity index is 1050. The van der Waals surface area contributed by atoms with Crippen LogP contribution in [0.3, 0.4) is 0 Å². The fourth-order valence-electron chi connectivity index (χ4n) is 2.67. The van der Waals surface area contributed by atoms with Gasteiger partial charge in [-0.05, 0) is 19.4 Å². The summed E-state index contributed by atoms with van der Waals surface area (Å²) in [4.78, 5) is 40.5. The van der Waals surface area contributed by atoms with Crippen molar-refractivity contribution in [2.45, 2.75) is 32.9 Å². The molecule has 0 radical (unpaired) electrons. The number of rotatable bonds is 6. The van der Waals surface area contributed by atoms with Crippen molar-refractivity contribution < 1.29 is 14.7 Å². The van der Waals surface area contributed by atoms with Gasteiger partial charge in [-0.25, -0.2) is 4.98 Å². The number of hydrogen-bond acceptors (Lipinski definition) is 5. The average Bonchev–Trinajstić information content (AvgIpc) is 3.06. The Hall–Kier alpha value is -3.00. The van der Waals surface area contributed by atoms with Gasteiger partial charge in [-0.2, -0.15) is 0 Å². The molecule has 2 N–H and O–H groups in total. The molecule has 3 aromatic rings.